The molecule has 0 unspecified atom stereocenters. The minimum Gasteiger partial charge on any atom is -0.347 e. The first-order valence-electron chi connectivity index (χ1n) is 7.27. The number of aromatic nitrogens is 1. The summed E-state index contributed by atoms with van der Waals surface area (Å²) in [5, 5.41) is 10.3. The van der Waals surface area contributed by atoms with Gasteiger partial charge in [0.2, 0.25) is 17.7 Å². The van der Waals surface area contributed by atoms with Crippen LogP contribution in [-0.4, -0.2) is 35.8 Å². The molecule has 0 atom stereocenters. The summed E-state index contributed by atoms with van der Waals surface area (Å²) in [6, 6.07) is 7.34. The normalized spacial score (nSPS) is 10.1. The molecule has 1 aromatic carbocycles. The molecule has 1 aromatic heterocycles. The smallest absolute Gasteiger partial charge is 0.243 e. The number of hydrogen-bond acceptors (Lipinski definition) is 5. The van der Waals surface area contributed by atoms with E-state index in [-0.39, 0.29) is 24.9 Å². The molecule has 7 nitrogen and oxygen atoms in total. The molecule has 2 rings (SSSR count). The first kappa shape index (κ1) is 17.6. The van der Waals surface area contributed by atoms with Crippen LogP contribution in [0.5, 0.6) is 0 Å². The zero-order chi connectivity index (χ0) is 17.5. The Kier molecular flexibility index (Phi) is 6.02. The van der Waals surface area contributed by atoms with Gasteiger partial charge in [0.1, 0.15) is 5.01 Å². The van der Waals surface area contributed by atoms with Crippen LogP contribution >= 0.6 is 11.3 Å². The number of carbonyl (C=O) groups excluding carboxylic acids is 3. The van der Waals surface area contributed by atoms with Crippen LogP contribution in [0.15, 0.2) is 29.6 Å². The maximum absolute atomic E-state index is 11.9. The van der Waals surface area contributed by atoms with Crippen LogP contribution in [0.1, 0.15) is 12.6 Å². The van der Waals surface area contributed by atoms with Crippen LogP contribution in [0.4, 0.5) is 5.69 Å². The van der Waals surface area contributed by atoms with E-state index < -0.39 is 5.91 Å². The third kappa shape index (κ3) is 5.47. The van der Waals surface area contributed by atoms with Crippen molar-refractivity contribution in [2.75, 3.05) is 18.4 Å². The number of nitrogens with zero attached hydrogens (tertiary/aromatic N) is 1. The molecule has 2 aromatic rings. The summed E-state index contributed by atoms with van der Waals surface area (Å²) in [6.07, 6.45) is 0. The Morgan fingerprint density at radius 2 is 1.88 bits per heavy atom. The van der Waals surface area contributed by atoms with Gasteiger partial charge in [0.05, 0.1) is 13.1 Å². The fourth-order valence-corrected chi connectivity index (χ4v) is 2.66. The van der Waals surface area contributed by atoms with Gasteiger partial charge in [-0.15, -0.1) is 11.3 Å². The predicted octanol–water partition coefficient (Wildman–Crippen LogP) is 1.31. The van der Waals surface area contributed by atoms with E-state index in [9.17, 15) is 14.4 Å². The lowest BCUT2D eigenvalue weighted by atomic mass is 10.2. The zero-order valence-electron chi connectivity index (χ0n) is 13.4. The first-order valence-corrected chi connectivity index (χ1v) is 8.15. The molecule has 3 N–H and O–H groups in total. The minimum atomic E-state index is -0.424. The predicted molar refractivity (Wildman–Crippen MR) is 92.6 cm³/mol. The number of anilines is 1. The number of thiazole rings is 1. The Morgan fingerprint density at radius 3 is 2.54 bits per heavy atom. The number of hydrogen-bond donors (Lipinski definition) is 3. The van der Waals surface area contributed by atoms with Crippen LogP contribution in [0.2, 0.25) is 0 Å². The van der Waals surface area contributed by atoms with E-state index in [0.717, 1.165) is 16.3 Å². The van der Waals surface area contributed by atoms with Gasteiger partial charge in [-0.2, -0.15) is 0 Å². The summed E-state index contributed by atoms with van der Waals surface area (Å²) in [7, 11) is 0. The number of rotatable bonds is 6. The topological polar surface area (TPSA) is 100 Å². The number of aryl methyl sites for hydroxylation is 1. The van der Waals surface area contributed by atoms with Crippen molar-refractivity contribution in [1.29, 1.82) is 0 Å². The highest BCUT2D eigenvalue weighted by molar-refractivity contribution is 7.13. The van der Waals surface area contributed by atoms with Gasteiger partial charge in [0.15, 0.2) is 0 Å². The van der Waals surface area contributed by atoms with Crippen molar-refractivity contribution in [3.63, 3.8) is 0 Å². The maximum Gasteiger partial charge on any atom is 0.243 e. The van der Waals surface area contributed by atoms with E-state index in [1.165, 1.54) is 18.3 Å². The summed E-state index contributed by atoms with van der Waals surface area (Å²) in [5.41, 5.74) is 2.49. The second-order valence-electron chi connectivity index (χ2n) is 5.11. The Balaban J connectivity index is 1.88. The molecule has 0 saturated heterocycles. The van der Waals surface area contributed by atoms with Gasteiger partial charge in [0, 0.05) is 29.2 Å². The standard InChI is InChI=1S/C16H18N4O3S/c1-10-9-24-16(19-10)12-4-3-5-13(6-12)20-15(23)8-18-14(22)7-17-11(2)21/h3-6,9H,7-8H2,1-2H3,(H,17,21)(H,18,22)(H,20,23). The Bertz CT molecular complexity index is 757. The van der Waals surface area contributed by atoms with Gasteiger partial charge >= 0.3 is 0 Å². The summed E-state index contributed by atoms with van der Waals surface area (Å²) in [5.74, 6) is -1.07. The SMILES string of the molecule is CC(=O)NCC(=O)NCC(=O)Nc1cccc(-c2nc(C)cs2)c1. The molecular formula is C16H18N4O3S. The fraction of sp³-hybridized carbons (Fsp3) is 0.250. The van der Waals surface area contributed by atoms with E-state index in [0.29, 0.717) is 5.69 Å². The lowest BCUT2D eigenvalue weighted by Crippen LogP contribution is -2.39. The van der Waals surface area contributed by atoms with Crippen LogP contribution < -0.4 is 16.0 Å². The van der Waals surface area contributed by atoms with Crippen molar-refractivity contribution in [1.82, 2.24) is 15.6 Å². The van der Waals surface area contributed by atoms with Crippen LogP contribution in [0.3, 0.4) is 0 Å². The van der Waals surface area contributed by atoms with Gasteiger partial charge in [-0.1, -0.05) is 12.1 Å². The number of amides is 3. The average molecular weight is 346 g/mol. The molecule has 0 spiro atoms. The molecule has 126 valence electrons. The molecule has 0 aliphatic carbocycles. The molecule has 24 heavy (non-hydrogen) atoms. The van der Waals surface area contributed by atoms with Gasteiger partial charge in [-0.25, -0.2) is 4.98 Å². The largest absolute Gasteiger partial charge is 0.347 e. The summed E-state index contributed by atoms with van der Waals surface area (Å²) >= 11 is 1.54. The number of carbonyl (C=O) groups is 3. The number of nitrogens with one attached hydrogen (secondary N) is 3. The molecule has 8 heteroatoms. The molecule has 0 radical (unpaired) electrons. The minimum absolute atomic E-state index is 0.151. The second-order valence-corrected chi connectivity index (χ2v) is 5.97. The second kappa shape index (κ2) is 8.21. The van der Waals surface area contributed by atoms with E-state index in [2.05, 4.69) is 20.9 Å². The van der Waals surface area contributed by atoms with Gasteiger partial charge in [-0.05, 0) is 19.1 Å². The average Bonchev–Trinajstić information content (AvgIpc) is 2.98. The summed E-state index contributed by atoms with van der Waals surface area (Å²) < 4.78 is 0. The van der Waals surface area contributed by atoms with Gasteiger partial charge in [-0.3, -0.25) is 14.4 Å². The summed E-state index contributed by atoms with van der Waals surface area (Å²) in [6.45, 7) is 2.92. The molecule has 0 aliphatic rings. The van der Waals surface area contributed by atoms with Gasteiger partial charge in [0.25, 0.3) is 0 Å². The molecule has 0 aliphatic heterocycles. The van der Waals surface area contributed by atoms with E-state index in [1.54, 1.807) is 6.07 Å². The monoisotopic (exact) mass is 346 g/mol. The Labute approximate surface area is 143 Å². The molecular weight excluding hydrogens is 328 g/mol. The van der Waals surface area contributed by atoms with Crippen molar-refractivity contribution in [3.05, 3.63) is 35.3 Å². The molecule has 0 fully saturated rings. The Morgan fingerprint density at radius 1 is 1.12 bits per heavy atom. The van der Waals surface area contributed by atoms with Crippen molar-refractivity contribution in [3.8, 4) is 10.6 Å². The quantitative estimate of drug-likeness (QED) is 0.734. The van der Waals surface area contributed by atoms with Crippen molar-refractivity contribution in [2.24, 2.45) is 0 Å². The highest BCUT2D eigenvalue weighted by Gasteiger charge is 2.08. The van der Waals surface area contributed by atoms with Crippen molar-refractivity contribution in [2.45, 2.75) is 13.8 Å². The molecule has 1 heterocycles. The highest BCUT2D eigenvalue weighted by Crippen LogP contribution is 2.25. The van der Waals surface area contributed by atoms with Gasteiger partial charge < -0.3 is 16.0 Å². The molecule has 0 saturated carbocycles. The molecule has 3 amide bonds. The lowest BCUT2D eigenvalue weighted by molar-refractivity contribution is -0.126. The molecule has 0 bridgehead atoms. The number of benzene rings is 1. The third-order valence-electron chi connectivity index (χ3n) is 2.96. The lowest BCUT2D eigenvalue weighted by Gasteiger charge is -2.08. The van der Waals surface area contributed by atoms with Crippen molar-refractivity contribution < 1.29 is 14.4 Å². The van der Waals surface area contributed by atoms with Crippen LogP contribution in [0, 0.1) is 6.92 Å². The van der Waals surface area contributed by atoms with Crippen molar-refractivity contribution >= 4 is 34.7 Å². The Hall–Kier alpha value is -2.74. The zero-order valence-corrected chi connectivity index (χ0v) is 14.2. The van der Waals surface area contributed by atoms with Crippen LogP contribution in [0.25, 0.3) is 10.6 Å². The fourth-order valence-electron chi connectivity index (χ4n) is 1.87. The third-order valence-corrected chi connectivity index (χ3v) is 3.97. The van der Waals surface area contributed by atoms with E-state index in [4.69, 9.17) is 0 Å². The summed E-state index contributed by atoms with van der Waals surface area (Å²) in [4.78, 5) is 38.4. The van der Waals surface area contributed by atoms with Crippen LogP contribution in [-0.2, 0) is 14.4 Å². The maximum atomic E-state index is 11.9. The highest BCUT2D eigenvalue weighted by atomic mass is 32.1. The first-order chi connectivity index (χ1) is 11.4. The van der Waals surface area contributed by atoms with E-state index >= 15 is 0 Å². The van der Waals surface area contributed by atoms with E-state index in [1.807, 2.05) is 30.5 Å².